The fraction of sp³-hybridized carbons (Fsp3) is 0.458. The summed E-state index contributed by atoms with van der Waals surface area (Å²) in [6.07, 6.45) is 0.306. The summed E-state index contributed by atoms with van der Waals surface area (Å²) in [7, 11) is 0. The van der Waals surface area contributed by atoms with Gasteiger partial charge in [0, 0.05) is 12.2 Å². The molecule has 0 radical (unpaired) electrons. The average molecular weight is 468 g/mol. The van der Waals surface area contributed by atoms with Gasteiger partial charge in [-0.25, -0.2) is 9.18 Å². The SMILES string of the molecule is O=C(NCCCCN1CCC(Cc2ccc(F)cc2)CC1)Nc1ccc(OC(F)(F)F)cc1. The van der Waals surface area contributed by atoms with Crippen LogP contribution in [0.1, 0.15) is 31.2 Å². The second-order valence-electron chi connectivity index (χ2n) is 8.28. The van der Waals surface area contributed by atoms with Crippen LogP contribution in [0.2, 0.25) is 0 Å². The van der Waals surface area contributed by atoms with Gasteiger partial charge in [0.1, 0.15) is 11.6 Å². The van der Waals surface area contributed by atoms with E-state index in [-0.39, 0.29) is 11.6 Å². The zero-order valence-corrected chi connectivity index (χ0v) is 18.3. The molecule has 9 heteroatoms. The molecular weight excluding hydrogens is 438 g/mol. The number of nitrogens with zero attached hydrogens (tertiary/aromatic N) is 1. The molecule has 2 aromatic rings. The molecule has 5 nitrogen and oxygen atoms in total. The highest BCUT2D eigenvalue weighted by molar-refractivity contribution is 5.89. The van der Waals surface area contributed by atoms with E-state index in [9.17, 15) is 22.4 Å². The number of hydrogen-bond acceptors (Lipinski definition) is 3. The van der Waals surface area contributed by atoms with Gasteiger partial charge in [0.15, 0.2) is 0 Å². The molecule has 1 fully saturated rings. The maximum Gasteiger partial charge on any atom is 0.573 e. The Morgan fingerprint density at radius 3 is 2.30 bits per heavy atom. The van der Waals surface area contributed by atoms with E-state index in [0.717, 1.165) is 63.9 Å². The summed E-state index contributed by atoms with van der Waals surface area (Å²) < 4.78 is 53.3. The lowest BCUT2D eigenvalue weighted by Gasteiger charge is -2.32. The number of benzene rings is 2. The van der Waals surface area contributed by atoms with Gasteiger partial charge >= 0.3 is 12.4 Å². The number of nitrogens with one attached hydrogen (secondary N) is 2. The highest BCUT2D eigenvalue weighted by Gasteiger charge is 2.31. The molecule has 0 saturated carbocycles. The van der Waals surface area contributed by atoms with Crippen LogP contribution in [0.3, 0.4) is 0 Å². The van der Waals surface area contributed by atoms with Gasteiger partial charge in [-0.2, -0.15) is 0 Å². The van der Waals surface area contributed by atoms with Crippen molar-refractivity contribution in [1.82, 2.24) is 10.2 Å². The minimum absolute atomic E-state index is 0.200. The number of rotatable bonds is 9. The van der Waals surface area contributed by atoms with E-state index in [1.165, 1.54) is 29.8 Å². The number of alkyl halides is 3. The highest BCUT2D eigenvalue weighted by Crippen LogP contribution is 2.24. The van der Waals surface area contributed by atoms with E-state index in [1.807, 2.05) is 12.1 Å². The van der Waals surface area contributed by atoms with Crippen molar-refractivity contribution in [2.75, 3.05) is 31.5 Å². The predicted octanol–water partition coefficient (Wildman–Crippen LogP) is 5.58. The quantitative estimate of drug-likeness (QED) is 0.374. The maximum absolute atomic E-state index is 13.0. The fourth-order valence-electron chi connectivity index (χ4n) is 3.95. The van der Waals surface area contributed by atoms with Crippen LogP contribution >= 0.6 is 0 Å². The second-order valence-corrected chi connectivity index (χ2v) is 8.28. The molecule has 0 bridgehead atoms. The van der Waals surface area contributed by atoms with E-state index >= 15 is 0 Å². The molecule has 2 aromatic carbocycles. The Balaban J connectivity index is 1.24. The Bertz CT molecular complexity index is 865. The Morgan fingerprint density at radius 2 is 1.67 bits per heavy atom. The van der Waals surface area contributed by atoms with Gasteiger partial charge in [-0.1, -0.05) is 12.1 Å². The lowest BCUT2D eigenvalue weighted by Crippen LogP contribution is -2.35. The molecular formula is C24H29F4N3O2. The van der Waals surface area contributed by atoms with Gasteiger partial charge in [0.05, 0.1) is 0 Å². The Labute approximate surface area is 191 Å². The van der Waals surface area contributed by atoms with Crippen molar-refractivity contribution in [3.8, 4) is 5.75 Å². The van der Waals surface area contributed by atoms with E-state index in [1.54, 1.807) is 0 Å². The summed E-state index contributed by atoms with van der Waals surface area (Å²) in [5, 5.41) is 5.34. The van der Waals surface area contributed by atoms with Crippen LogP contribution in [0.25, 0.3) is 0 Å². The summed E-state index contributed by atoms with van der Waals surface area (Å²) in [6, 6.07) is 11.3. The molecule has 2 N–H and O–H groups in total. The molecule has 1 heterocycles. The zero-order chi connectivity index (χ0) is 23.7. The number of piperidine rings is 1. The minimum atomic E-state index is -4.74. The second kappa shape index (κ2) is 11.9. The number of amides is 2. The number of likely N-dealkylation sites (tertiary alicyclic amines) is 1. The van der Waals surface area contributed by atoms with Crippen molar-refractivity contribution in [2.45, 2.75) is 38.5 Å². The van der Waals surface area contributed by atoms with Crippen LogP contribution in [-0.2, 0) is 6.42 Å². The number of halogens is 4. The lowest BCUT2D eigenvalue weighted by atomic mass is 9.90. The summed E-state index contributed by atoms with van der Waals surface area (Å²) in [6.45, 7) is 3.59. The highest BCUT2D eigenvalue weighted by atomic mass is 19.4. The number of hydrogen-bond donors (Lipinski definition) is 2. The molecule has 1 aliphatic heterocycles. The fourth-order valence-corrected chi connectivity index (χ4v) is 3.95. The van der Waals surface area contributed by atoms with Crippen molar-refractivity contribution in [3.05, 3.63) is 59.9 Å². The first-order valence-corrected chi connectivity index (χ1v) is 11.1. The number of carbonyl (C=O) groups excluding carboxylic acids is 1. The first-order valence-electron chi connectivity index (χ1n) is 11.1. The molecule has 0 unspecified atom stereocenters. The van der Waals surface area contributed by atoms with Gasteiger partial charge < -0.3 is 20.3 Å². The van der Waals surface area contributed by atoms with E-state index in [2.05, 4.69) is 20.3 Å². The minimum Gasteiger partial charge on any atom is -0.406 e. The number of ether oxygens (including phenoxy) is 1. The molecule has 0 atom stereocenters. The third-order valence-electron chi connectivity index (χ3n) is 5.68. The van der Waals surface area contributed by atoms with Gasteiger partial charge in [-0.3, -0.25) is 0 Å². The molecule has 0 aliphatic carbocycles. The van der Waals surface area contributed by atoms with Gasteiger partial charge in [0.2, 0.25) is 0 Å². The molecule has 1 saturated heterocycles. The summed E-state index contributed by atoms with van der Waals surface area (Å²) in [5.74, 6) is 0.0910. The van der Waals surface area contributed by atoms with Gasteiger partial charge in [0.25, 0.3) is 0 Å². The Kier molecular flexibility index (Phi) is 8.94. The third kappa shape index (κ3) is 9.29. The normalized spacial score (nSPS) is 15.3. The standard InChI is InChI=1S/C24H29F4N3O2/c25-20-5-3-18(4-6-20)17-19-11-15-31(16-12-19)14-2-1-13-29-23(32)30-21-7-9-22(10-8-21)33-24(26,27)28/h3-10,19H,1-2,11-17H2,(H2,29,30,32). The van der Waals surface area contributed by atoms with Crippen LogP contribution in [0, 0.1) is 11.7 Å². The lowest BCUT2D eigenvalue weighted by molar-refractivity contribution is -0.274. The average Bonchev–Trinajstić information content (AvgIpc) is 2.77. The summed E-state index contributed by atoms with van der Waals surface area (Å²) in [4.78, 5) is 14.4. The van der Waals surface area contributed by atoms with Crippen LogP contribution < -0.4 is 15.4 Å². The van der Waals surface area contributed by atoms with Gasteiger partial charge in [-0.05, 0) is 99.6 Å². The van der Waals surface area contributed by atoms with Crippen molar-refractivity contribution in [2.24, 2.45) is 5.92 Å². The Hall–Kier alpha value is -2.81. The smallest absolute Gasteiger partial charge is 0.406 e. The molecule has 0 spiro atoms. The first-order chi connectivity index (χ1) is 15.8. The van der Waals surface area contributed by atoms with Crippen molar-refractivity contribution in [1.29, 1.82) is 0 Å². The number of urea groups is 1. The van der Waals surface area contributed by atoms with Crippen LogP contribution in [0.4, 0.5) is 28.0 Å². The van der Waals surface area contributed by atoms with E-state index in [4.69, 9.17) is 0 Å². The topological polar surface area (TPSA) is 53.6 Å². The molecule has 0 aromatic heterocycles. The molecule has 33 heavy (non-hydrogen) atoms. The molecule has 1 aliphatic rings. The predicted molar refractivity (Wildman–Crippen MR) is 119 cm³/mol. The molecule has 2 amide bonds. The van der Waals surface area contributed by atoms with Crippen molar-refractivity contribution >= 4 is 11.7 Å². The van der Waals surface area contributed by atoms with Crippen LogP contribution in [-0.4, -0.2) is 43.5 Å². The Morgan fingerprint density at radius 1 is 1.00 bits per heavy atom. The third-order valence-corrected chi connectivity index (χ3v) is 5.68. The van der Waals surface area contributed by atoms with Crippen molar-refractivity contribution in [3.63, 3.8) is 0 Å². The summed E-state index contributed by atoms with van der Waals surface area (Å²) >= 11 is 0. The monoisotopic (exact) mass is 467 g/mol. The first kappa shape index (κ1) is 24.8. The molecule has 180 valence electrons. The largest absolute Gasteiger partial charge is 0.573 e. The zero-order valence-electron chi connectivity index (χ0n) is 18.3. The van der Waals surface area contributed by atoms with Crippen molar-refractivity contribution < 1.29 is 27.1 Å². The molecule has 3 rings (SSSR count). The summed E-state index contributed by atoms with van der Waals surface area (Å²) in [5.41, 5.74) is 1.57. The number of carbonyl (C=O) groups is 1. The maximum atomic E-state index is 13.0. The number of anilines is 1. The van der Waals surface area contributed by atoms with Crippen LogP contribution in [0.15, 0.2) is 48.5 Å². The van der Waals surface area contributed by atoms with Crippen LogP contribution in [0.5, 0.6) is 5.75 Å². The van der Waals surface area contributed by atoms with E-state index in [0.29, 0.717) is 18.2 Å². The van der Waals surface area contributed by atoms with Gasteiger partial charge in [-0.15, -0.1) is 13.2 Å². The number of unbranched alkanes of at least 4 members (excludes halogenated alkanes) is 1. The van der Waals surface area contributed by atoms with E-state index < -0.39 is 12.4 Å².